The minimum absolute atomic E-state index is 0.105. The van der Waals surface area contributed by atoms with Crippen LogP contribution in [-0.4, -0.2) is 35.4 Å². The topological polar surface area (TPSA) is 75.5 Å². The molecule has 0 aliphatic carbocycles. The first-order valence-electron chi connectivity index (χ1n) is 8.13. The summed E-state index contributed by atoms with van der Waals surface area (Å²) in [5, 5.41) is 0.951. The van der Waals surface area contributed by atoms with Gasteiger partial charge in [0.2, 0.25) is 0 Å². The van der Waals surface area contributed by atoms with Crippen molar-refractivity contribution >= 4 is 22.8 Å². The number of amides is 1. The van der Waals surface area contributed by atoms with Crippen LogP contribution in [0.1, 0.15) is 37.7 Å². The van der Waals surface area contributed by atoms with Gasteiger partial charge in [-0.3, -0.25) is 4.79 Å². The molecule has 128 valence electrons. The number of aromatic amines is 1. The number of carbonyl (C=O) groups is 2. The lowest BCUT2D eigenvalue weighted by Crippen LogP contribution is -2.35. The molecule has 6 nitrogen and oxygen atoms in total. The lowest BCUT2D eigenvalue weighted by Gasteiger charge is -2.26. The maximum Gasteiger partial charge on any atom is 0.337 e. The average molecular weight is 338 g/mol. The first kappa shape index (κ1) is 15.5. The fourth-order valence-corrected chi connectivity index (χ4v) is 3.37. The zero-order valence-corrected chi connectivity index (χ0v) is 14.1. The molecular formula is C19H18N2O4. The lowest BCUT2D eigenvalue weighted by atomic mass is 10.0. The van der Waals surface area contributed by atoms with E-state index in [1.165, 1.54) is 13.4 Å². The zero-order valence-electron chi connectivity index (χ0n) is 14.1. The van der Waals surface area contributed by atoms with E-state index in [0.29, 0.717) is 24.4 Å². The van der Waals surface area contributed by atoms with Crippen molar-refractivity contribution in [3.63, 3.8) is 0 Å². The molecule has 1 aliphatic heterocycles. The smallest absolute Gasteiger partial charge is 0.337 e. The summed E-state index contributed by atoms with van der Waals surface area (Å²) in [5.41, 5.74) is 4.45. The molecule has 0 bridgehead atoms. The molecule has 1 aliphatic rings. The average Bonchev–Trinajstić information content (AvgIpc) is 3.22. The SMILES string of the molecule is COC(=O)c1ccc2[nH]c3c(c2c1)CN(C(=O)c1occc1C)CC3. The second-order valence-electron chi connectivity index (χ2n) is 6.24. The van der Waals surface area contributed by atoms with Gasteiger partial charge in [-0.05, 0) is 31.2 Å². The number of furan rings is 1. The normalized spacial score (nSPS) is 13.8. The summed E-state index contributed by atoms with van der Waals surface area (Å²) in [6.07, 6.45) is 2.27. The van der Waals surface area contributed by atoms with Gasteiger partial charge in [-0.2, -0.15) is 0 Å². The number of benzene rings is 1. The number of fused-ring (bicyclic) bond motifs is 3. The van der Waals surface area contributed by atoms with E-state index in [9.17, 15) is 9.59 Å². The van der Waals surface area contributed by atoms with Crippen LogP contribution in [0.15, 0.2) is 34.9 Å². The van der Waals surface area contributed by atoms with Crippen LogP contribution in [0.4, 0.5) is 0 Å². The number of hydrogen-bond donors (Lipinski definition) is 1. The first-order valence-corrected chi connectivity index (χ1v) is 8.13. The quantitative estimate of drug-likeness (QED) is 0.729. The summed E-state index contributed by atoms with van der Waals surface area (Å²) in [6.45, 7) is 2.97. The van der Waals surface area contributed by atoms with Gasteiger partial charge < -0.3 is 19.0 Å². The standard InChI is InChI=1S/C19H18N2O4/c1-11-6-8-25-17(11)18(22)21-7-5-16-14(10-21)13-9-12(19(23)24-2)3-4-15(13)20-16/h3-4,6,8-9,20H,5,7,10H2,1-2H3. The number of H-pyrrole nitrogens is 1. The molecule has 3 aromatic rings. The number of methoxy groups -OCH3 is 1. The molecule has 2 aromatic heterocycles. The Balaban J connectivity index is 1.71. The van der Waals surface area contributed by atoms with Crippen molar-refractivity contribution in [1.29, 1.82) is 0 Å². The molecular weight excluding hydrogens is 320 g/mol. The van der Waals surface area contributed by atoms with Gasteiger partial charge in [0, 0.05) is 47.2 Å². The monoisotopic (exact) mass is 338 g/mol. The highest BCUT2D eigenvalue weighted by atomic mass is 16.5. The van der Waals surface area contributed by atoms with Crippen LogP contribution >= 0.6 is 0 Å². The fraction of sp³-hybridized carbons (Fsp3) is 0.263. The molecule has 6 heteroatoms. The van der Waals surface area contributed by atoms with Gasteiger partial charge in [0.05, 0.1) is 18.9 Å². The highest BCUT2D eigenvalue weighted by Crippen LogP contribution is 2.29. The molecule has 0 atom stereocenters. The van der Waals surface area contributed by atoms with Crippen molar-refractivity contribution in [2.75, 3.05) is 13.7 Å². The zero-order chi connectivity index (χ0) is 17.6. The summed E-state index contributed by atoms with van der Waals surface area (Å²) in [5.74, 6) is -0.0861. The van der Waals surface area contributed by atoms with E-state index in [1.54, 1.807) is 17.0 Å². The summed E-state index contributed by atoms with van der Waals surface area (Å²) < 4.78 is 10.1. The van der Waals surface area contributed by atoms with Crippen LogP contribution in [-0.2, 0) is 17.7 Å². The molecule has 3 heterocycles. The van der Waals surface area contributed by atoms with Gasteiger partial charge in [-0.1, -0.05) is 0 Å². The second kappa shape index (κ2) is 5.81. The molecule has 0 spiro atoms. The third-order valence-electron chi connectivity index (χ3n) is 4.74. The Morgan fingerprint density at radius 3 is 2.84 bits per heavy atom. The van der Waals surface area contributed by atoms with E-state index in [2.05, 4.69) is 4.98 Å². The molecule has 0 saturated heterocycles. The van der Waals surface area contributed by atoms with Crippen molar-refractivity contribution in [1.82, 2.24) is 9.88 Å². The maximum absolute atomic E-state index is 12.7. The first-order chi connectivity index (χ1) is 12.1. The number of rotatable bonds is 2. The van der Waals surface area contributed by atoms with Crippen LogP contribution in [0.3, 0.4) is 0 Å². The number of ether oxygens (including phenoxy) is 1. The fourth-order valence-electron chi connectivity index (χ4n) is 3.37. The third-order valence-corrected chi connectivity index (χ3v) is 4.74. The van der Waals surface area contributed by atoms with E-state index in [4.69, 9.17) is 9.15 Å². The highest BCUT2D eigenvalue weighted by Gasteiger charge is 2.27. The summed E-state index contributed by atoms with van der Waals surface area (Å²) in [4.78, 5) is 29.7. The van der Waals surface area contributed by atoms with Crippen molar-refractivity contribution in [3.8, 4) is 0 Å². The number of hydrogen-bond acceptors (Lipinski definition) is 4. The summed E-state index contributed by atoms with van der Waals surface area (Å²) in [6, 6.07) is 7.23. The predicted octanol–water partition coefficient (Wildman–Crippen LogP) is 3.05. The Labute approximate surface area is 144 Å². The third kappa shape index (κ3) is 2.50. The highest BCUT2D eigenvalue weighted by molar-refractivity contribution is 5.97. The van der Waals surface area contributed by atoms with E-state index in [0.717, 1.165) is 34.1 Å². The predicted molar refractivity (Wildman–Crippen MR) is 91.5 cm³/mol. The van der Waals surface area contributed by atoms with E-state index < -0.39 is 0 Å². The Hall–Kier alpha value is -3.02. The van der Waals surface area contributed by atoms with Gasteiger partial charge in [0.15, 0.2) is 5.76 Å². The lowest BCUT2D eigenvalue weighted by molar-refractivity contribution is 0.0600. The van der Waals surface area contributed by atoms with Gasteiger partial charge in [0.25, 0.3) is 5.91 Å². The molecule has 0 saturated carbocycles. The van der Waals surface area contributed by atoms with Crippen LogP contribution < -0.4 is 0 Å². The molecule has 4 rings (SSSR count). The number of aromatic nitrogens is 1. The van der Waals surface area contributed by atoms with Crippen LogP contribution in [0.5, 0.6) is 0 Å². The van der Waals surface area contributed by atoms with Crippen LogP contribution in [0, 0.1) is 6.92 Å². The molecule has 0 unspecified atom stereocenters. The van der Waals surface area contributed by atoms with Gasteiger partial charge >= 0.3 is 5.97 Å². The van der Waals surface area contributed by atoms with Gasteiger partial charge in [0.1, 0.15) is 0 Å². The number of nitrogens with zero attached hydrogens (tertiary/aromatic N) is 1. The Morgan fingerprint density at radius 2 is 2.12 bits per heavy atom. The van der Waals surface area contributed by atoms with Crippen molar-refractivity contribution in [2.24, 2.45) is 0 Å². The second-order valence-corrected chi connectivity index (χ2v) is 6.24. The van der Waals surface area contributed by atoms with Gasteiger partial charge in [-0.15, -0.1) is 0 Å². The Morgan fingerprint density at radius 1 is 1.28 bits per heavy atom. The minimum atomic E-state index is -0.369. The molecule has 0 fully saturated rings. The number of aryl methyl sites for hydroxylation is 1. The molecule has 0 radical (unpaired) electrons. The summed E-state index contributed by atoms with van der Waals surface area (Å²) >= 11 is 0. The Bertz CT molecular complexity index is 983. The van der Waals surface area contributed by atoms with Crippen molar-refractivity contribution in [2.45, 2.75) is 19.9 Å². The number of esters is 1. The number of nitrogens with one attached hydrogen (secondary N) is 1. The van der Waals surface area contributed by atoms with Gasteiger partial charge in [-0.25, -0.2) is 4.79 Å². The van der Waals surface area contributed by atoms with E-state index >= 15 is 0 Å². The minimum Gasteiger partial charge on any atom is -0.465 e. The molecule has 1 aromatic carbocycles. The van der Waals surface area contributed by atoms with Crippen LogP contribution in [0.2, 0.25) is 0 Å². The van der Waals surface area contributed by atoms with E-state index in [-0.39, 0.29) is 11.9 Å². The van der Waals surface area contributed by atoms with E-state index in [1.807, 2.05) is 19.1 Å². The van der Waals surface area contributed by atoms with Crippen molar-refractivity contribution in [3.05, 3.63) is 58.7 Å². The molecule has 25 heavy (non-hydrogen) atoms. The molecule has 1 N–H and O–H groups in total. The maximum atomic E-state index is 12.7. The number of carbonyl (C=O) groups excluding carboxylic acids is 2. The Kier molecular flexibility index (Phi) is 3.60. The van der Waals surface area contributed by atoms with Crippen molar-refractivity contribution < 1.29 is 18.7 Å². The van der Waals surface area contributed by atoms with Crippen LogP contribution in [0.25, 0.3) is 10.9 Å². The summed E-state index contributed by atoms with van der Waals surface area (Å²) in [7, 11) is 1.37. The molecule has 1 amide bonds. The largest absolute Gasteiger partial charge is 0.465 e.